The summed E-state index contributed by atoms with van der Waals surface area (Å²) in [5.41, 5.74) is 2.87. The first-order valence-corrected chi connectivity index (χ1v) is 8.58. The van der Waals surface area contributed by atoms with E-state index in [1.54, 1.807) is 0 Å². The highest BCUT2D eigenvalue weighted by Gasteiger charge is 2.61. The molecular weight excluding hydrogens is 272 g/mol. The van der Waals surface area contributed by atoms with Crippen LogP contribution in [0.5, 0.6) is 0 Å². The van der Waals surface area contributed by atoms with E-state index in [0.717, 1.165) is 26.2 Å². The number of rotatable bonds is 2. The van der Waals surface area contributed by atoms with E-state index in [2.05, 4.69) is 61.8 Å². The van der Waals surface area contributed by atoms with Crippen LogP contribution >= 0.6 is 0 Å². The molecule has 0 spiro atoms. The van der Waals surface area contributed by atoms with Crippen LogP contribution in [0.3, 0.4) is 0 Å². The first-order valence-electron chi connectivity index (χ1n) is 8.58. The van der Waals surface area contributed by atoms with E-state index in [1.165, 1.54) is 11.1 Å². The second kappa shape index (κ2) is 4.56. The summed E-state index contributed by atoms with van der Waals surface area (Å²) < 4.78 is 0. The minimum atomic E-state index is -0.170. The fraction of sp³-hybridized carbons (Fsp3) is 0.684. The Kier molecular flexibility index (Phi) is 3.04. The van der Waals surface area contributed by atoms with Gasteiger partial charge in [-0.1, -0.05) is 52.0 Å². The van der Waals surface area contributed by atoms with Crippen LogP contribution in [-0.2, 0) is 0 Å². The van der Waals surface area contributed by atoms with Gasteiger partial charge >= 0.3 is 0 Å². The fourth-order valence-corrected chi connectivity index (χ4v) is 5.31. The molecule has 5 rings (SSSR count). The zero-order valence-electron chi connectivity index (χ0n) is 14.2. The third kappa shape index (κ3) is 1.92. The number of nitrogens with zero attached hydrogens (tertiary/aromatic N) is 2. The third-order valence-corrected chi connectivity index (χ3v) is 6.17. The van der Waals surface area contributed by atoms with Crippen LogP contribution < -0.4 is 0 Å². The number of piperidine rings is 2. The Hall–Kier alpha value is -0.900. The van der Waals surface area contributed by atoms with Gasteiger partial charge in [-0.25, -0.2) is 0 Å². The maximum Gasteiger partial charge on any atom is 0.0887 e. The van der Waals surface area contributed by atoms with Crippen molar-refractivity contribution in [3.63, 3.8) is 0 Å². The molecule has 0 aliphatic carbocycles. The lowest BCUT2D eigenvalue weighted by molar-refractivity contribution is -0.253. The number of benzene rings is 1. The Labute approximate surface area is 133 Å². The molecule has 1 N–H and O–H groups in total. The topological polar surface area (TPSA) is 26.7 Å². The van der Waals surface area contributed by atoms with Gasteiger partial charge in [0.25, 0.3) is 0 Å². The summed E-state index contributed by atoms with van der Waals surface area (Å²) in [6.07, 6.45) is 0.228. The van der Waals surface area contributed by atoms with Crippen molar-refractivity contribution < 1.29 is 5.11 Å². The molecule has 4 aliphatic rings. The Balaban J connectivity index is 1.66. The summed E-state index contributed by atoms with van der Waals surface area (Å²) in [4.78, 5) is 5.17. The summed E-state index contributed by atoms with van der Waals surface area (Å²) in [6, 6.07) is 9.18. The first kappa shape index (κ1) is 14.7. The molecule has 4 aliphatic heterocycles. The largest absolute Gasteiger partial charge is 0.392 e. The Morgan fingerprint density at radius 1 is 0.955 bits per heavy atom. The average molecular weight is 300 g/mol. The van der Waals surface area contributed by atoms with Crippen LogP contribution in [0, 0.1) is 10.8 Å². The van der Waals surface area contributed by atoms with Crippen LogP contribution in [0.25, 0.3) is 0 Å². The maximum absolute atomic E-state index is 10.7. The number of hydrogen-bond acceptors (Lipinski definition) is 3. The maximum atomic E-state index is 10.7. The second-order valence-corrected chi connectivity index (χ2v) is 8.72. The van der Waals surface area contributed by atoms with E-state index in [0.29, 0.717) is 12.1 Å². The molecule has 120 valence electrons. The van der Waals surface area contributed by atoms with E-state index in [-0.39, 0.29) is 16.9 Å². The summed E-state index contributed by atoms with van der Waals surface area (Å²) in [7, 11) is 0. The van der Waals surface area contributed by atoms with Crippen molar-refractivity contribution in [2.24, 2.45) is 10.8 Å². The third-order valence-electron chi connectivity index (χ3n) is 6.17. The first-order chi connectivity index (χ1) is 10.3. The Morgan fingerprint density at radius 3 is 1.82 bits per heavy atom. The van der Waals surface area contributed by atoms with Crippen molar-refractivity contribution >= 4 is 0 Å². The van der Waals surface area contributed by atoms with Gasteiger partial charge in [-0.05, 0) is 17.0 Å². The Morgan fingerprint density at radius 2 is 1.41 bits per heavy atom. The molecule has 4 saturated heterocycles. The zero-order valence-corrected chi connectivity index (χ0v) is 14.2. The van der Waals surface area contributed by atoms with Crippen molar-refractivity contribution in [1.29, 1.82) is 0 Å². The van der Waals surface area contributed by atoms with E-state index in [4.69, 9.17) is 0 Å². The number of aliphatic hydroxyl groups is 1. The van der Waals surface area contributed by atoms with Crippen LogP contribution in [0.4, 0.5) is 0 Å². The van der Waals surface area contributed by atoms with Gasteiger partial charge in [0, 0.05) is 37.0 Å². The molecule has 0 aromatic heterocycles. The molecule has 1 aromatic carbocycles. The van der Waals surface area contributed by atoms with Crippen LogP contribution in [-0.4, -0.2) is 47.2 Å². The summed E-state index contributed by atoms with van der Waals surface area (Å²) in [5.74, 6) is 0.584. The molecule has 0 saturated carbocycles. The molecule has 4 bridgehead atoms. The van der Waals surface area contributed by atoms with Gasteiger partial charge in [0.15, 0.2) is 0 Å². The lowest BCUT2D eigenvalue weighted by Crippen LogP contribution is -2.76. The van der Waals surface area contributed by atoms with Crippen molar-refractivity contribution in [1.82, 2.24) is 9.80 Å². The zero-order chi connectivity index (χ0) is 15.7. The van der Waals surface area contributed by atoms with Crippen molar-refractivity contribution in [2.45, 2.75) is 45.9 Å². The van der Waals surface area contributed by atoms with Gasteiger partial charge in [0.05, 0.1) is 12.3 Å². The fourth-order valence-electron chi connectivity index (χ4n) is 5.31. The number of aliphatic hydroxyl groups excluding tert-OH is 1. The predicted octanol–water partition coefficient (Wildman–Crippen LogP) is 2.83. The van der Waals surface area contributed by atoms with E-state index in [1.807, 2.05) is 0 Å². The number of hydrogen-bond donors (Lipinski definition) is 1. The van der Waals surface area contributed by atoms with E-state index < -0.39 is 0 Å². The van der Waals surface area contributed by atoms with Gasteiger partial charge in [-0.15, -0.1) is 0 Å². The summed E-state index contributed by atoms with van der Waals surface area (Å²) in [5, 5.41) is 10.7. The van der Waals surface area contributed by atoms with Gasteiger partial charge < -0.3 is 5.11 Å². The monoisotopic (exact) mass is 300 g/mol. The van der Waals surface area contributed by atoms with Gasteiger partial charge in [-0.3, -0.25) is 9.80 Å². The highest BCUT2D eigenvalue weighted by Crippen LogP contribution is 2.54. The van der Waals surface area contributed by atoms with Gasteiger partial charge in [0.1, 0.15) is 0 Å². The molecule has 0 atom stereocenters. The van der Waals surface area contributed by atoms with Crippen LogP contribution in [0.1, 0.15) is 50.9 Å². The molecule has 0 amide bonds. The second-order valence-electron chi connectivity index (χ2n) is 8.72. The molecule has 4 heterocycles. The van der Waals surface area contributed by atoms with Crippen LogP contribution in [0.15, 0.2) is 24.3 Å². The minimum absolute atomic E-state index is 0.0274. The normalized spacial score (nSPS) is 46.5. The molecule has 22 heavy (non-hydrogen) atoms. The van der Waals surface area contributed by atoms with Gasteiger partial charge in [0.2, 0.25) is 0 Å². The van der Waals surface area contributed by atoms with Crippen LogP contribution in [0.2, 0.25) is 0 Å². The quantitative estimate of drug-likeness (QED) is 0.910. The molecule has 1 aromatic rings. The van der Waals surface area contributed by atoms with Crippen molar-refractivity contribution in [3.05, 3.63) is 35.4 Å². The lowest BCUT2D eigenvalue weighted by atomic mass is 9.60. The average Bonchev–Trinajstić information content (AvgIpc) is 2.44. The minimum Gasteiger partial charge on any atom is -0.392 e. The summed E-state index contributed by atoms with van der Waals surface area (Å²) >= 11 is 0. The highest BCUT2D eigenvalue weighted by atomic mass is 16.3. The SMILES string of the molecule is CC(C)c1ccc(C2N3CC4(C)CN2CC(C)(C3)C4O)cc1. The molecule has 0 radical (unpaired) electrons. The van der Waals surface area contributed by atoms with Gasteiger partial charge in [-0.2, -0.15) is 0 Å². The smallest absolute Gasteiger partial charge is 0.0887 e. The predicted molar refractivity (Wildman–Crippen MR) is 88.6 cm³/mol. The molecule has 3 nitrogen and oxygen atoms in total. The standard InChI is InChI=1S/C19H28N2O/c1-13(2)14-5-7-15(8-6-14)16-20-9-18(3)10-21(16)12-19(4,11-20)17(18)22/h5-8,13,16-17,22H,9-12H2,1-4H3. The Bertz CT molecular complexity index is 542. The van der Waals surface area contributed by atoms with Crippen molar-refractivity contribution in [3.8, 4) is 0 Å². The molecule has 3 heteroatoms. The summed E-state index contributed by atoms with van der Waals surface area (Å²) in [6.45, 7) is 13.0. The van der Waals surface area contributed by atoms with E-state index >= 15 is 0 Å². The van der Waals surface area contributed by atoms with E-state index in [9.17, 15) is 5.11 Å². The molecular formula is C19H28N2O. The molecule has 0 unspecified atom stereocenters. The highest BCUT2D eigenvalue weighted by molar-refractivity contribution is 5.29. The van der Waals surface area contributed by atoms with Crippen molar-refractivity contribution in [2.75, 3.05) is 26.2 Å². The lowest BCUT2D eigenvalue weighted by Gasteiger charge is -2.68. The molecule has 4 fully saturated rings.